The van der Waals surface area contributed by atoms with E-state index >= 15 is 0 Å². The number of ether oxygens (including phenoxy) is 2. The summed E-state index contributed by atoms with van der Waals surface area (Å²) < 4.78 is 12.1. The number of carbonyl (C=O) groups is 1. The van der Waals surface area contributed by atoms with Crippen LogP contribution < -0.4 is 4.74 Å². The predicted octanol–water partition coefficient (Wildman–Crippen LogP) is 4.80. The van der Waals surface area contributed by atoms with Crippen LogP contribution in [0.15, 0.2) is 95.7 Å². The molecule has 1 aliphatic rings. The standard InChI is InChI=1S/C26H18N4O5/c1-34-23-13-12-18(15-22(23)30(32)33)24-19(16-29(28-24)20-10-6-3-7-11-20)14-21-26(31)35-25(27-21)17-8-4-2-5-9-17/h2-16H,1H3/b21-14-. The molecular weight excluding hydrogens is 448 g/mol. The summed E-state index contributed by atoms with van der Waals surface area (Å²) >= 11 is 0. The first-order valence-corrected chi connectivity index (χ1v) is 10.6. The lowest BCUT2D eigenvalue weighted by Gasteiger charge is -2.04. The normalized spacial score (nSPS) is 14.0. The fourth-order valence-electron chi connectivity index (χ4n) is 3.67. The van der Waals surface area contributed by atoms with Gasteiger partial charge in [0, 0.05) is 29.0 Å². The molecule has 1 aromatic heterocycles. The molecule has 9 nitrogen and oxygen atoms in total. The number of aliphatic imine (C=N–C) groups is 1. The molecule has 2 heterocycles. The van der Waals surface area contributed by atoms with E-state index in [2.05, 4.69) is 10.1 Å². The van der Waals surface area contributed by atoms with Crippen molar-refractivity contribution in [2.75, 3.05) is 7.11 Å². The average Bonchev–Trinajstić information content (AvgIpc) is 3.48. The van der Waals surface area contributed by atoms with Gasteiger partial charge in [-0.2, -0.15) is 5.10 Å². The first-order chi connectivity index (χ1) is 17.0. The molecule has 9 heteroatoms. The Morgan fingerprint density at radius 2 is 1.71 bits per heavy atom. The zero-order valence-electron chi connectivity index (χ0n) is 18.5. The minimum absolute atomic E-state index is 0.0979. The smallest absolute Gasteiger partial charge is 0.363 e. The zero-order chi connectivity index (χ0) is 24.4. The zero-order valence-corrected chi connectivity index (χ0v) is 18.5. The topological polar surface area (TPSA) is 109 Å². The minimum atomic E-state index is -0.594. The SMILES string of the molecule is COc1ccc(-c2nn(-c3ccccc3)cc2/C=C2\N=C(c3ccccc3)OC2=O)cc1[N+](=O)[O-]. The van der Waals surface area contributed by atoms with E-state index < -0.39 is 10.9 Å². The van der Waals surface area contributed by atoms with Crippen LogP contribution in [-0.4, -0.2) is 33.7 Å². The van der Waals surface area contributed by atoms with Crippen LogP contribution in [0.3, 0.4) is 0 Å². The number of esters is 1. The minimum Gasteiger partial charge on any atom is -0.490 e. The first-order valence-electron chi connectivity index (χ1n) is 10.6. The number of methoxy groups -OCH3 is 1. The van der Waals surface area contributed by atoms with Gasteiger partial charge in [0.1, 0.15) is 5.69 Å². The van der Waals surface area contributed by atoms with Crippen LogP contribution in [-0.2, 0) is 9.53 Å². The molecular formula is C26H18N4O5. The maximum atomic E-state index is 12.6. The van der Waals surface area contributed by atoms with Crippen LogP contribution in [0, 0.1) is 10.1 Å². The summed E-state index contributed by atoms with van der Waals surface area (Å²) in [5.41, 5.74) is 2.82. The summed E-state index contributed by atoms with van der Waals surface area (Å²) in [5, 5.41) is 16.2. The Balaban J connectivity index is 1.64. The number of nitro groups is 1. The molecule has 0 amide bonds. The van der Waals surface area contributed by atoms with Crippen molar-refractivity contribution in [2.24, 2.45) is 4.99 Å². The van der Waals surface area contributed by atoms with Gasteiger partial charge in [0.05, 0.1) is 17.7 Å². The van der Waals surface area contributed by atoms with Crippen molar-refractivity contribution in [3.63, 3.8) is 0 Å². The second kappa shape index (κ2) is 9.06. The van der Waals surface area contributed by atoms with Gasteiger partial charge in [-0.3, -0.25) is 10.1 Å². The summed E-state index contributed by atoms with van der Waals surface area (Å²) in [6, 6.07) is 23.1. The van der Waals surface area contributed by atoms with Crippen LogP contribution in [0.4, 0.5) is 5.69 Å². The van der Waals surface area contributed by atoms with Gasteiger partial charge in [0.25, 0.3) is 0 Å². The first kappa shape index (κ1) is 21.8. The van der Waals surface area contributed by atoms with E-state index in [1.54, 1.807) is 35.2 Å². The molecule has 0 atom stereocenters. The lowest BCUT2D eigenvalue weighted by Crippen LogP contribution is -2.04. The van der Waals surface area contributed by atoms with Crippen molar-refractivity contribution in [1.82, 2.24) is 9.78 Å². The molecule has 0 radical (unpaired) electrons. The highest BCUT2D eigenvalue weighted by molar-refractivity contribution is 6.13. The molecule has 5 rings (SSSR count). The Hall–Kier alpha value is -5.05. The second-order valence-electron chi connectivity index (χ2n) is 7.56. The number of cyclic esters (lactones) is 1. The van der Waals surface area contributed by atoms with Crippen LogP contribution >= 0.6 is 0 Å². The third-order valence-corrected chi connectivity index (χ3v) is 5.35. The quantitative estimate of drug-likeness (QED) is 0.175. The molecule has 3 aromatic carbocycles. The lowest BCUT2D eigenvalue weighted by atomic mass is 10.1. The monoisotopic (exact) mass is 466 g/mol. The third-order valence-electron chi connectivity index (χ3n) is 5.35. The molecule has 0 fully saturated rings. The fraction of sp³-hybridized carbons (Fsp3) is 0.0385. The van der Waals surface area contributed by atoms with Gasteiger partial charge in [-0.15, -0.1) is 0 Å². The highest BCUT2D eigenvalue weighted by Crippen LogP contribution is 2.34. The molecule has 4 aromatic rings. The molecule has 35 heavy (non-hydrogen) atoms. The van der Waals surface area contributed by atoms with Crippen molar-refractivity contribution in [2.45, 2.75) is 0 Å². The average molecular weight is 466 g/mol. The van der Waals surface area contributed by atoms with E-state index in [1.807, 2.05) is 48.5 Å². The highest BCUT2D eigenvalue weighted by Gasteiger charge is 2.26. The van der Waals surface area contributed by atoms with Gasteiger partial charge in [-0.1, -0.05) is 36.4 Å². The van der Waals surface area contributed by atoms with Gasteiger partial charge in [-0.05, 0) is 42.5 Å². The van der Waals surface area contributed by atoms with E-state index in [-0.39, 0.29) is 23.0 Å². The molecule has 0 bridgehead atoms. The second-order valence-corrected chi connectivity index (χ2v) is 7.56. The molecule has 0 spiro atoms. The summed E-state index contributed by atoms with van der Waals surface area (Å²) in [6.07, 6.45) is 3.30. The largest absolute Gasteiger partial charge is 0.490 e. The molecule has 0 N–H and O–H groups in total. The number of carbonyl (C=O) groups excluding carboxylic acids is 1. The molecule has 0 saturated heterocycles. The Kier molecular flexibility index (Phi) is 5.64. The molecule has 0 saturated carbocycles. The maximum Gasteiger partial charge on any atom is 0.363 e. The van der Waals surface area contributed by atoms with E-state index in [4.69, 9.17) is 9.47 Å². The number of nitro benzene ring substituents is 1. The van der Waals surface area contributed by atoms with Crippen LogP contribution in [0.5, 0.6) is 5.75 Å². The van der Waals surface area contributed by atoms with Crippen molar-refractivity contribution < 1.29 is 19.2 Å². The molecule has 0 unspecified atom stereocenters. The van der Waals surface area contributed by atoms with Crippen LogP contribution in [0.2, 0.25) is 0 Å². The van der Waals surface area contributed by atoms with Gasteiger partial charge >= 0.3 is 11.7 Å². The number of aromatic nitrogens is 2. The Labute approximate surface area is 199 Å². The maximum absolute atomic E-state index is 12.6. The van der Waals surface area contributed by atoms with E-state index in [0.717, 1.165) is 5.69 Å². The lowest BCUT2D eigenvalue weighted by molar-refractivity contribution is -0.385. The van der Waals surface area contributed by atoms with Gasteiger partial charge in [-0.25, -0.2) is 14.5 Å². The van der Waals surface area contributed by atoms with E-state index in [0.29, 0.717) is 22.4 Å². The van der Waals surface area contributed by atoms with Crippen molar-refractivity contribution in [1.29, 1.82) is 0 Å². The number of benzene rings is 3. The summed E-state index contributed by atoms with van der Waals surface area (Å²) in [7, 11) is 1.37. The van der Waals surface area contributed by atoms with Gasteiger partial charge in [0.15, 0.2) is 11.4 Å². The summed E-state index contributed by atoms with van der Waals surface area (Å²) in [5.74, 6) is -0.250. The Morgan fingerprint density at radius 1 is 1.00 bits per heavy atom. The third kappa shape index (κ3) is 4.30. The number of hydrogen-bond donors (Lipinski definition) is 0. The summed E-state index contributed by atoms with van der Waals surface area (Å²) in [6.45, 7) is 0. The Bertz CT molecular complexity index is 1490. The fourth-order valence-corrected chi connectivity index (χ4v) is 3.67. The van der Waals surface area contributed by atoms with Crippen molar-refractivity contribution in [3.8, 4) is 22.7 Å². The number of hydrogen-bond acceptors (Lipinski definition) is 7. The van der Waals surface area contributed by atoms with Gasteiger partial charge < -0.3 is 9.47 Å². The van der Waals surface area contributed by atoms with Crippen LogP contribution in [0.25, 0.3) is 23.0 Å². The predicted molar refractivity (Wildman–Crippen MR) is 129 cm³/mol. The summed E-state index contributed by atoms with van der Waals surface area (Å²) in [4.78, 5) is 28.0. The molecule has 0 aliphatic carbocycles. The van der Waals surface area contributed by atoms with Crippen LogP contribution in [0.1, 0.15) is 11.1 Å². The van der Waals surface area contributed by atoms with Gasteiger partial charge in [0.2, 0.25) is 5.90 Å². The number of para-hydroxylation sites is 1. The van der Waals surface area contributed by atoms with Crippen molar-refractivity contribution in [3.05, 3.63) is 112 Å². The molecule has 1 aliphatic heterocycles. The molecule has 172 valence electrons. The number of rotatable bonds is 6. The van der Waals surface area contributed by atoms with E-state index in [9.17, 15) is 14.9 Å². The van der Waals surface area contributed by atoms with Crippen molar-refractivity contribution >= 4 is 23.6 Å². The number of nitrogens with zero attached hydrogens (tertiary/aromatic N) is 4. The Morgan fingerprint density at radius 3 is 2.40 bits per heavy atom. The highest BCUT2D eigenvalue weighted by atomic mass is 16.6. The van der Waals surface area contributed by atoms with E-state index in [1.165, 1.54) is 19.2 Å².